The minimum atomic E-state index is -0.352. The van der Waals surface area contributed by atoms with E-state index >= 15 is 0 Å². The molecule has 0 heterocycles. The van der Waals surface area contributed by atoms with Crippen molar-refractivity contribution in [2.24, 2.45) is 5.73 Å². The Bertz CT molecular complexity index is 385. The lowest BCUT2D eigenvalue weighted by molar-refractivity contribution is -0.117. The van der Waals surface area contributed by atoms with Gasteiger partial charge in [0.05, 0.1) is 11.6 Å². The van der Waals surface area contributed by atoms with Gasteiger partial charge in [-0.3, -0.25) is 4.79 Å². The van der Waals surface area contributed by atoms with Crippen LogP contribution in [-0.2, 0) is 4.79 Å². The van der Waals surface area contributed by atoms with Crippen molar-refractivity contribution in [3.63, 3.8) is 0 Å². The second-order valence-corrected chi connectivity index (χ2v) is 2.81. The summed E-state index contributed by atoms with van der Waals surface area (Å²) in [4.78, 5) is 10.4. The van der Waals surface area contributed by atoms with Crippen molar-refractivity contribution in [3.8, 4) is 6.07 Å². The van der Waals surface area contributed by atoms with Gasteiger partial charge in [-0.25, -0.2) is 0 Å². The molecule has 0 saturated carbocycles. The summed E-state index contributed by atoms with van der Waals surface area (Å²) in [5, 5.41) is 8.55. The SMILES string of the molecule is N#Cc1ccc(C=CCC(N)=O)cc1. The fourth-order valence-corrected chi connectivity index (χ4v) is 0.980. The first-order valence-electron chi connectivity index (χ1n) is 4.17. The van der Waals surface area contributed by atoms with Crippen molar-refractivity contribution in [3.05, 3.63) is 41.5 Å². The zero-order valence-corrected chi connectivity index (χ0v) is 7.60. The minimum absolute atomic E-state index is 0.236. The fraction of sp³-hybridized carbons (Fsp3) is 0.0909. The van der Waals surface area contributed by atoms with Gasteiger partial charge >= 0.3 is 0 Å². The van der Waals surface area contributed by atoms with E-state index in [1.54, 1.807) is 24.3 Å². The van der Waals surface area contributed by atoms with Gasteiger partial charge in [0.15, 0.2) is 0 Å². The first-order chi connectivity index (χ1) is 6.72. The normalized spacial score (nSPS) is 9.93. The molecule has 1 amide bonds. The molecule has 0 fully saturated rings. The highest BCUT2D eigenvalue weighted by molar-refractivity contribution is 5.76. The molecule has 0 spiro atoms. The lowest BCUT2D eigenvalue weighted by Crippen LogP contribution is -2.07. The molecule has 0 saturated heterocycles. The molecule has 1 rings (SSSR count). The van der Waals surface area contributed by atoms with Crippen LogP contribution in [0, 0.1) is 11.3 Å². The molecule has 0 aliphatic carbocycles. The summed E-state index contributed by atoms with van der Waals surface area (Å²) in [6, 6.07) is 9.11. The van der Waals surface area contributed by atoms with Crippen LogP contribution in [0.2, 0.25) is 0 Å². The third-order valence-electron chi connectivity index (χ3n) is 1.67. The van der Waals surface area contributed by atoms with Crippen LogP contribution in [0.5, 0.6) is 0 Å². The number of amides is 1. The number of hydrogen-bond acceptors (Lipinski definition) is 2. The van der Waals surface area contributed by atoms with Gasteiger partial charge in [-0.15, -0.1) is 0 Å². The van der Waals surface area contributed by atoms with E-state index in [1.807, 2.05) is 18.2 Å². The Hall–Kier alpha value is -2.08. The van der Waals surface area contributed by atoms with Gasteiger partial charge in [-0.2, -0.15) is 5.26 Å². The van der Waals surface area contributed by atoms with Gasteiger partial charge in [-0.1, -0.05) is 24.3 Å². The highest BCUT2D eigenvalue weighted by Crippen LogP contribution is 2.05. The standard InChI is InChI=1S/C11H10N2O/c12-8-10-6-4-9(5-7-10)2-1-3-11(13)14/h1-2,4-7H,3H2,(H2,13,14). The van der Waals surface area contributed by atoms with Gasteiger partial charge in [-0.05, 0) is 17.7 Å². The molecular weight excluding hydrogens is 176 g/mol. The molecule has 1 aromatic rings. The van der Waals surface area contributed by atoms with Gasteiger partial charge < -0.3 is 5.73 Å². The van der Waals surface area contributed by atoms with E-state index in [9.17, 15) is 4.79 Å². The first kappa shape index (κ1) is 10.0. The summed E-state index contributed by atoms with van der Waals surface area (Å²) < 4.78 is 0. The summed E-state index contributed by atoms with van der Waals surface area (Å²) in [5.74, 6) is -0.352. The second-order valence-electron chi connectivity index (χ2n) is 2.81. The molecule has 0 aliphatic rings. The monoisotopic (exact) mass is 186 g/mol. The van der Waals surface area contributed by atoms with E-state index in [4.69, 9.17) is 11.0 Å². The maximum atomic E-state index is 10.4. The molecule has 0 aromatic heterocycles. The molecule has 70 valence electrons. The van der Waals surface area contributed by atoms with E-state index in [-0.39, 0.29) is 12.3 Å². The van der Waals surface area contributed by atoms with Crippen LogP contribution in [0.4, 0.5) is 0 Å². The zero-order chi connectivity index (χ0) is 10.4. The van der Waals surface area contributed by atoms with Gasteiger partial charge in [0.2, 0.25) is 5.91 Å². The van der Waals surface area contributed by atoms with Crippen LogP contribution in [-0.4, -0.2) is 5.91 Å². The number of rotatable bonds is 3. The van der Waals surface area contributed by atoms with Crippen LogP contribution >= 0.6 is 0 Å². The third-order valence-corrected chi connectivity index (χ3v) is 1.67. The predicted octanol–water partition coefficient (Wildman–Crippen LogP) is 1.45. The molecule has 2 N–H and O–H groups in total. The van der Waals surface area contributed by atoms with Crippen molar-refractivity contribution in [2.75, 3.05) is 0 Å². The minimum Gasteiger partial charge on any atom is -0.369 e. The van der Waals surface area contributed by atoms with Crippen molar-refractivity contribution in [1.82, 2.24) is 0 Å². The lowest BCUT2D eigenvalue weighted by Gasteiger charge is -1.92. The molecule has 1 aromatic carbocycles. The molecule has 0 unspecified atom stereocenters. The number of primary amides is 1. The van der Waals surface area contributed by atoms with Crippen LogP contribution in [0.15, 0.2) is 30.3 Å². The Kier molecular flexibility index (Phi) is 3.45. The number of benzene rings is 1. The molecule has 0 radical (unpaired) electrons. The second kappa shape index (κ2) is 4.83. The number of nitriles is 1. The van der Waals surface area contributed by atoms with Crippen LogP contribution in [0.25, 0.3) is 6.08 Å². The average molecular weight is 186 g/mol. The Morgan fingerprint density at radius 2 is 2.07 bits per heavy atom. The van der Waals surface area contributed by atoms with Crippen LogP contribution < -0.4 is 5.73 Å². The molecule has 3 heteroatoms. The van der Waals surface area contributed by atoms with E-state index in [0.717, 1.165) is 5.56 Å². The topological polar surface area (TPSA) is 66.9 Å². The molecule has 0 aliphatic heterocycles. The van der Waals surface area contributed by atoms with Gasteiger partial charge in [0.25, 0.3) is 0 Å². The molecule has 0 bridgehead atoms. The number of carbonyl (C=O) groups excluding carboxylic acids is 1. The summed E-state index contributed by atoms with van der Waals surface area (Å²) >= 11 is 0. The van der Waals surface area contributed by atoms with E-state index in [0.29, 0.717) is 5.56 Å². The number of nitrogens with zero attached hydrogens (tertiary/aromatic N) is 1. The zero-order valence-electron chi connectivity index (χ0n) is 7.60. The van der Waals surface area contributed by atoms with E-state index in [1.165, 1.54) is 0 Å². The summed E-state index contributed by atoms with van der Waals surface area (Å²) in [5.41, 5.74) is 6.54. The number of nitrogens with two attached hydrogens (primary N) is 1. The van der Waals surface area contributed by atoms with Crippen molar-refractivity contribution in [1.29, 1.82) is 5.26 Å². The maximum absolute atomic E-state index is 10.4. The lowest BCUT2D eigenvalue weighted by atomic mass is 10.1. The first-order valence-corrected chi connectivity index (χ1v) is 4.17. The molecule has 0 atom stereocenters. The number of carbonyl (C=O) groups is 1. The third kappa shape index (κ3) is 3.11. The van der Waals surface area contributed by atoms with Gasteiger partial charge in [0.1, 0.15) is 0 Å². The van der Waals surface area contributed by atoms with Crippen molar-refractivity contribution < 1.29 is 4.79 Å². The largest absolute Gasteiger partial charge is 0.369 e. The maximum Gasteiger partial charge on any atom is 0.221 e. The number of hydrogen-bond donors (Lipinski definition) is 1. The predicted molar refractivity (Wildman–Crippen MR) is 54.0 cm³/mol. The highest BCUT2D eigenvalue weighted by Gasteiger charge is 1.90. The summed E-state index contributed by atoms with van der Waals surface area (Å²) in [7, 11) is 0. The Labute approximate surface area is 82.5 Å². The molecule has 14 heavy (non-hydrogen) atoms. The Morgan fingerprint density at radius 3 is 2.57 bits per heavy atom. The van der Waals surface area contributed by atoms with Crippen molar-refractivity contribution in [2.45, 2.75) is 6.42 Å². The van der Waals surface area contributed by atoms with E-state index < -0.39 is 0 Å². The van der Waals surface area contributed by atoms with E-state index in [2.05, 4.69) is 0 Å². The quantitative estimate of drug-likeness (QED) is 0.776. The highest BCUT2D eigenvalue weighted by atomic mass is 16.1. The summed E-state index contributed by atoms with van der Waals surface area (Å²) in [6.07, 6.45) is 3.73. The summed E-state index contributed by atoms with van der Waals surface area (Å²) in [6.45, 7) is 0. The molecule has 3 nitrogen and oxygen atoms in total. The Morgan fingerprint density at radius 1 is 1.43 bits per heavy atom. The van der Waals surface area contributed by atoms with Crippen LogP contribution in [0.1, 0.15) is 17.5 Å². The molecular formula is C11H10N2O. The average Bonchev–Trinajstić information content (AvgIpc) is 2.18. The van der Waals surface area contributed by atoms with Crippen molar-refractivity contribution >= 4 is 12.0 Å². The Balaban J connectivity index is 2.65. The smallest absolute Gasteiger partial charge is 0.221 e. The van der Waals surface area contributed by atoms with Crippen LogP contribution in [0.3, 0.4) is 0 Å². The fourth-order valence-electron chi connectivity index (χ4n) is 0.980. The van der Waals surface area contributed by atoms with Gasteiger partial charge in [0, 0.05) is 6.42 Å².